The van der Waals surface area contributed by atoms with Crippen molar-refractivity contribution in [2.45, 2.75) is 64.8 Å². The summed E-state index contributed by atoms with van der Waals surface area (Å²) in [6.07, 6.45) is 6.28. The summed E-state index contributed by atoms with van der Waals surface area (Å²) in [7, 11) is 1.87. The number of carboxylic acid groups (broad SMARTS) is 1. The fourth-order valence-electron chi connectivity index (χ4n) is 2.05. The number of carbonyl (C=O) groups is 2. The van der Waals surface area contributed by atoms with Crippen molar-refractivity contribution >= 4 is 11.9 Å². The summed E-state index contributed by atoms with van der Waals surface area (Å²) in [5.74, 6) is -1.19. The summed E-state index contributed by atoms with van der Waals surface area (Å²) >= 11 is 0. The molecule has 0 aromatic rings. The number of carboxylic acids is 1. The lowest BCUT2D eigenvalue weighted by atomic mass is 10.0. The Morgan fingerprint density at radius 3 is 2.30 bits per heavy atom. The minimum Gasteiger partial charge on any atom is -0.480 e. The van der Waals surface area contributed by atoms with E-state index < -0.39 is 12.0 Å². The van der Waals surface area contributed by atoms with Crippen molar-refractivity contribution in [3.63, 3.8) is 0 Å². The number of nitrogens with one attached hydrogen (secondary N) is 2. The SMILES string of the molecule is CCCCCC(C)C(=O)NC(CCCCNC)C(=O)O. The van der Waals surface area contributed by atoms with Crippen LogP contribution in [0.15, 0.2) is 0 Å². The van der Waals surface area contributed by atoms with Gasteiger partial charge < -0.3 is 15.7 Å². The van der Waals surface area contributed by atoms with Crippen LogP contribution in [0.4, 0.5) is 0 Å². The highest BCUT2D eigenvalue weighted by molar-refractivity contribution is 5.84. The van der Waals surface area contributed by atoms with Crippen LogP contribution in [0.2, 0.25) is 0 Å². The molecule has 3 N–H and O–H groups in total. The van der Waals surface area contributed by atoms with Gasteiger partial charge in [-0.25, -0.2) is 4.79 Å². The zero-order valence-corrected chi connectivity index (χ0v) is 13.1. The van der Waals surface area contributed by atoms with Crippen LogP contribution in [0, 0.1) is 5.92 Å². The topological polar surface area (TPSA) is 78.4 Å². The number of rotatable bonds is 12. The zero-order chi connectivity index (χ0) is 15.4. The Hall–Kier alpha value is -1.10. The van der Waals surface area contributed by atoms with Gasteiger partial charge >= 0.3 is 5.97 Å². The standard InChI is InChI=1S/C15H30N2O3/c1-4-5-6-9-12(2)14(18)17-13(15(19)20)10-7-8-11-16-3/h12-13,16H,4-11H2,1-3H3,(H,17,18)(H,19,20). The van der Waals surface area contributed by atoms with Crippen molar-refractivity contribution in [1.82, 2.24) is 10.6 Å². The van der Waals surface area contributed by atoms with E-state index in [9.17, 15) is 9.59 Å². The highest BCUT2D eigenvalue weighted by atomic mass is 16.4. The molecule has 0 saturated carbocycles. The van der Waals surface area contributed by atoms with E-state index >= 15 is 0 Å². The maximum absolute atomic E-state index is 12.0. The number of carbonyl (C=O) groups excluding carboxylic acids is 1. The van der Waals surface area contributed by atoms with E-state index in [-0.39, 0.29) is 11.8 Å². The first-order valence-electron chi connectivity index (χ1n) is 7.70. The number of hydrogen-bond donors (Lipinski definition) is 3. The number of hydrogen-bond acceptors (Lipinski definition) is 3. The van der Waals surface area contributed by atoms with Gasteiger partial charge in [0, 0.05) is 5.92 Å². The molecular formula is C15H30N2O3. The first kappa shape index (κ1) is 18.9. The van der Waals surface area contributed by atoms with Gasteiger partial charge in [-0.1, -0.05) is 33.1 Å². The summed E-state index contributed by atoms with van der Waals surface area (Å²) in [5.41, 5.74) is 0. The second-order valence-corrected chi connectivity index (χ2v) is 5.40. The summed E-state index contributed by atoms with van der Waals surface area (Å²) in [4.78, 5) is 23.1. The first-order chi connectivity index (χ1) is 9.52. The van der Waals surface area contributed by atoms with Crippen LogP contribution in [0.3, 0.4) is 0 Å². The van der Waals surface area contributed by atoms with Crippen molar-refractivity contribution in [3.8, 4) is 0 Å². The van der Waals surface area contributed by atoms with Crippen LogP contribution in [0.5, 0.6) is 0 Å². The van der Waals surface area contributed by atoms with Gasteiger partial charge in [0.05, 0.1) is 0 Å². The molecule has 2 atom stereocenters. The molecule has 0 saturated heterocycles. The summed E-state index contributed by atoms with van der Waals surface area (Å²) in [6.45, 7) is 4.86. The molecule has 0 spiro atoms. The average molecular weight is 286 g/mol. The third-order valence-electron chi connectivity index (χ3n) is 3.47. The predicted molar refractivity (Wildman–Crippen MR) is 80.7 cm³/mol. The fraction of sp³-hybridized carbons (Fsp3) is 0.867. The minimum atomic E-state index is -0.941. The molecule has 5 nitrogen and oxygen atoms in total. The molecule has 0 rings (SSSR count). The molecule has 118 valence electrons. The van der Waals surface area contributed by atoms with Gasteiger partial charge in [-0.3, -0.25) is 4.79 Å². The predicted octanol–water partition coefficient (Wildman–Crippen LogP) is 2.16. The van der Waals surface area contributed by atoms with Crippen LogP contribution in [-0.2, 0) is 9.59 Å². The van der Waals surface area contributed by atoms with Gasteiger partial charge in [0.2, 0.25) is 5.91 Å². The van der Waals surface area contributed by atoms with E-state index in [0.717, 1.165) is 45.1 Å². The molecule has 0 heterocycles. The van der Waals surface area contributed by atoms with E-state index in [1.165, 1.54) is 0 Å². The summed E-state index contributed by atoms with van der Waals surface area (Å²) < 4.78 is 0. The van der Waals surface area contributed by atoms with Gasteiger partial charge in [-0.15, -0.1) is 0 Å². The van der Waals surface area contributed by atoms with Crippen LogP contribution in [-0.4, -0.2) is 36.6 Å². The Morgan fingerprint density at radius 2 is 1.75 bits per heavy atom. The zero-order valence-electron chi connectivity index (χ0n) is 13.1. The van der Waals surface area contributed by atoms with Gasteiger partial charge in [0.15, 0.2) is 0 Å². The Bertz CT molecular complexity index is 282. The molecule has 5 heteroatoms. The maximum Gasteiger partial charge on any atom is 0.326 e. The van der Waals surface area contributed by atoms with E-state index in [0.29, 0.717) is 6.42 Å². The third-order valence-corrected chi connectivity index (χ3v) is 3.47. The highest BCUT2D eigenvalue weighted by Crippen LogP contribution is 2.10. The van der Waals surface area contributed by atoms with Gasteiger partial charge in [-0.05, 0) is 39.3 Å². The normalized spacial score (nSPS) is 13.8. The molecule has 0 fully saturated rings. The summed E-state index contributed by atoms with van der Waals surface area (Å²) in [6, 6.07) is -0.756. The summed E-state index contributed by atoms with van der Waals surface area (Å²) in [5, 5.41) is 14.8. The molecule has 0 aliphatic heterocycles. The first-order valence-corrected chi connectivity index (χ1v) is 7.70. The molecule has 20 heavy (non-hydrogen) atoms. The van der Waals surface area contributed by atoms with Crippen LogP contribution < -0.4 is 10.6 Å². The molecule has 2 unspecified atom stereocenters. The van der Waals surface area contributed by atoms with Gasteiger partial charge in [0.25, 0.3) is 0 Å². The molecule has 0 bridgehead atoms. The molecular weight excluding hydrogens is 256 g/mol. The smallest absolute Gasteiger partial charge is 0.326 e. The lowest BCUT2D eigenvalue weighted by Gasteiger charge is -2.17. The van der Waals surface area contributed by atoms with Gasteiger partial charge in [0.1, 0.15) is 6.04 Å². The molecule has 0 aromatic heterocycles. The average Bonchev–Trinajstić information content (AvgIpc) is 2.41. The van der Waals surface area contributed by atoms with Crippen molar-refractivity contribution < 1.29 is 14.7 Å². The lowest BCUT2D eigenvalue weighted by Crippen LogP contribution is -2.43. The molecule has 1 amide bonds. The quantitative estimate of drug-likeness (QED) is 0.480. The van der Waals surface area contributed by atoms with Crippen molar-refractivity contribution in [1.29, 1.82) is 0 Å². The van der Waals surface area contributed by atoms with Crippen LogP contribution >= 0.6 is 0 Å². The second kappa shape index (κ2) is 11.7. The van der Waals surface area contributed by atoms with Crippen molar-refractivity contribution in [2.75, 3.05) is 13.6 Å². The molecule has 0 radical (unpaired) electrons. The number of amides is 1. The Labute approximate surface area is 122 Å². The fourth-order valence-corrected chi connectivity index (χ4v) is 2.05. The Balaban J connectivity index is 4.09. The lowest BCUT2D eigenvalue weighted by molar-refractivity contribution is -0.142. The maximum atomic E-state index is 12.0. The van der Waals surface area contributed by atoms with Crippen molar-refractivity contribution in [3.05, 3.63) is 0 Å². The Morgan fingerprint density at radius 1 is 1.10 bits per heavy atom. The molecule has 0 aromatic carbocycles. The number of unbranched alkanes of at least 4 members (excludes halogenated alkanes) is 3. The number of aliphatic carboxylic acids is 1. The largest absolute Gasteiger partial charge is 0.480 e. The van der Waals surface area contributed by atoms with E-state index in [1.807, 2.05) is 14.0 Å². The molecule has 0 aliphatic rings. The van der Waals surface area contributed by atoms with E-state index in [1.54, 1.807) is 0 Å². The van der Waals surface area contributed by atoms with Crippen LogP contribution in [0.1, 0.15) is 58.8 Å². The molecule has 0 aliphatic carbocycles. The van der Waals surface area contributed by atoms with Gasteiger partial charge in [-0.2, -0.15) is 0 Å². The minimum absolute atomic E-state index is 0.110. The van der Waals surface area contributed by atoms with Crippen molar-refractivity contribution in [2.24, 2.45) is 5.92 Å². The highest BCUT2D eigenvalue weighted by Gasteiger charge is 2.22. The van der Waals surface area contributed by atoms with Crippen LogP contribution in [0.25, 0.3) is 0 Å². The van der Waals surface area contributed by atoms with E-state index in [4.69, 9.17) is 5.11 Å². The monoisotopic (exact) mass is 286 g/mol. The second-order valence-electron chi connectivity index (χ2n) is 5.40. The Kier molecular flexibility index (Phi) is 11.1. The van der Waals surface area contributed by atoms with E-state index in [2.05, 4.69) is 17.6 Å². The third kappa shape index (κ3) is 8.91.